The number of nitrogens with one attached hydrogen (secondary N) is 1. The van der Waals surface area contributed by atoms with Crippen molar-refractivity contribution in [2.24, 2.45) is 5.92 Å². The molecule has 2 heterocycles. The van der Waals surface area contributed by atoms with Gasteiger partial charge in [-0.25, -0.2) is 0 Å². The molecular formula is C13H22N2O4. The van der Waals surface area contributed by atoms with Crippen molar-refractivity contribution in [3.63, 3.8) is 0 Å². The van der Waals surface area contributed by atoms with Crippen LogP contribution in [0.2, 0.25) is 0 Å². The summed E-state index contributed by atoms with van der Waals surface area (Å²) in [5, 5.41) is 11.9. The first kappa shape index (κ1) is 14.3. The Hall–Kier alpha value is -1.14. The number of rotatable bonds is 6. The molecule has 6 heteroatoms. The molecule has 2 N–H and O–H groups in total. The summed E-state index contributed by atoms with van der Waals surface area (Å²) in [5.41, 5.74) is 0. The number of nitrogens with zero attached hydrogens (tertiary/aromatic N) is 1. The Kier molecular flexibility index (Phi) is 5.15. The van der Waals surface area contributed by atoms with Gasteiger partial charge in [0.1, 0.15) is 0 Å². The van der Waals surface area contributed by atoms with Gasteiger partial charge in [-0.05, 0) is 25.9 Å². The van der Waals surface area contributed by atoms with E-state index in [1.54, 1.807) is 4.90 Å². The number of hydrogen-bond acceptors (Lipinski definition) is 4. The number of amides is 1. The SMILES string of the molecule is O=C(O)CC1CN(C(=O)CCOC2CCNCC2)C1. The summed E-state index contributed by atoms with van der Waals surface area (Å²) in [6.45, 7) is 3.61. The lowest BCUT2D eigenvalue weighted by atomic mass is 9.96. The molecule has 108 valence electrons. The monoisotopic (exact) mass is 270 g/mol. The summed E-state index contributed by atoms with van der Waals surface area (Å²) in [7, 11) is 0. The fourth-order valence-corrected chi connectivity index (χ4v) is 2.58. The number of carboxylic acid groups (broad SMARTS) is 1. The number of piperidine rings is 1. The molecule has 2 aliphatic rings. The molecule has 0 aromatic rings. The molecule has 0 atom stereocenters. The molecule has 2 fully saturated rings. The van der Waals surface area contributed by atoms with E-state index in [-0.39, 0.29) is 24.3 Å². The zero-order valence-corrected chi connectivity index (χ0v) is 11.1. The fraction of sp³-hybridized carbons (Fsp3) is 0.846. The highest BCUT2D eigenvalue weighted by molar-refractivity contribution is 5.77. The lowest BCUT2D eigenvalue weighted by molar-refractivity contribution is -0.145. The highest BCUT2D eigenvalue weighted by Gasteiger charge is 2.31. The Morgan fingerprint density at radius 1 is 1.26 bits per heavy atom. The number of likely N-dealkylation sites (tertiary alicyclic amines) is 1. The standard InChI is InChI=1S/C13H22N2O4/c16-12(15-8-10(9-15)7-13(17)18)3-6-19-11-1-4-14-5-2-11/h10-11,14H,1-9H2,(H,17,18). The minimum atomic E-state index is -0.786. The molecule has 2 aliphatic heterocycles. The van der Waals surface area contributed by atoms with E-state index in [0.29, 0.717) is 26.1 Å². The van der Waals surface area contributed by atoms with E-state index in [0.717, 1.165) is 25.9 Å². The van der Waals surface area contributed by atoms with Gasteiger partial charge in [-0.15, -0.1) is 0 Å². The van der Waals surface area contributed by atoms with Crippen molar-refractivity contribution in [1.29, 1.82) is 0 Å². The highest BCUT2D eigenvalue weighted by Crippen LogP contribution is 2.20. The maximum Gasteiger partial charge on any atom is 0.303 e. The third kappa shape index (κ3) is 4.47. The Bertz CT molecular complexity index is 323. The van der Waals surface area contributed by atoms with E-state index in [1.807, 2.05) is 0 Å². The quantitative estimate of drug-likeness (QED) is 0.714. The molecule has 2 rings (SSSR count). The fourth-order valence-electron chi connectivity index (χ4n) is 2.58. The van der Waals surface area contributed by atoms with E-state index in [2.05, 4.69) is 5.32 Å². The van der Waals surface area contributed by atoms with Crippen LogP contribution in [0.25, 0.3) is 0 Å². The average molecular weight is 270 g/mol. The molecule has 1 amide bonds. The summed E-state index contributed by atoms with van der Waals surface area (Å²) in [5.74, 6) is -0.575. The molecule has 0 bridgehead atoms. The number of ether oxygens (including phenoxy) is 1. The summed E-state index contributed by atoms with van der Waals surface area (Å²) in [6.07, 6.45) is 2.88. The van der Waals surface area contributed by atoms with Gasteiger partial charge in [-0.2, -0.15) is 0 Å². The summed E-state index contributed by atoms with van der Waals surface area (Å²) in [6, 6.07) is 0. The smallest absolute Gasteiger partial charge is 0.303 e. The first-order chi connectivity index (χ1) is 9.15. The number of aliphatic carboxylic acids is 1. The zero-order chi connectivity index (χ0) is 13.7. The van der Waals surface area contributed by atoms with Crippen molar-refractivity contribution >= 4 is 11.9 Å². The highest BCUT2D eigenvalue weighted by atomic mass is 16.5. The molecule has 0 aromatic heterocycles. The number of carbonyl (C=O) groups excluding carboxylic acids is 1. The van der Waals surface area contributed by atoms with Gasteiger partial charge in [0.2, 0.25) is 5.91 Å². The maximum absolute atomic E-state index is 11.8. The summed E-state index contributed by atoms with van der Waals surface area (Å²) < 4.78 is 5.68. The Balaban J connectivity index is 1.54. The predicted molar refractivity (Wildman–Crippen MR) is 68.8 cm³/mol. The molecule has 19 heavy (non-hydrogen) atoms. The molecule has 0 radical (unpaired) electrons. The van der Waals surface area contributed by atoms with Gasteiger partial charge in [-0.3, -0.25) is 9.59 Å². The Labute approximate surface area is 113 Å². The van der Waals surface area contributed by atoms with Gasteiger partial charge in [0.05, 0.1) is 25.6 Å². The molecule has 0 unspecified atom stereocenters. The Morgan fingerprint density at radius 2 is 1.95 bits per heavy atom. The molecule has 0 aromatic carbocycles. The Morgan fingerprint density at radius 3 is 2.58 bits per heavy atom. The van der Waals surface area contributed by atoms with Gasteiger partial charge in [-0.1, -0.05) is 0 Å². The lowest BCUT2D eigenvalue weighted by Crippen LogP contribution is -2.50. The normalized spacial score (nSPS) is 21.2. The van der Waals surface area contributed by atoms with E-state index in [1.165, 1.54) is 0 Å². The van der Waals surface area contributed by atoms with Crippen LogP contribution in [0, 0.1) is 5.92 Å². The molecule has 0 aliphatic carbocycles. The van der Waals surface area contributed by atoms with Gasteiger partial charge in [0.15, 0.2) is 0 Å². The van der Waals surface area contributed by atoms with Gasteiger partial charge in [0, 0.05) is 19.0 Å². The largest absolute Gasteiger partial charge is 0.481 e. The molecule has 0 saturated carbocycles. The van der Waals surface area contributed by atoms with Crippen molar-refractivity contribution in [2.45, 2.75) is 31.8 Å². The van der Waals surface area contributed by atoms with Crippen molar-refractivity contribution < 1.29 is 19.4 Å². The van der Waals surface area contributed by atoms with Crippen LogP contribution in [0.5, 0.6) is 0 Å². The minimum Gasteiger partial charge on any atom is -0.481 e. The van der Waals surface area contributed by atoms with E-state index >= 15 is 0 Å². The van der Waals surface area contributed by atoms with Crippen molar-refractivity contribution in [2.75, 3.05) is 32.8 Å². The van der Waals surface area contributed by atoms with Crippen molar-refractivity contribution in [1.82, 2.24) is 10.2 Å². The van der Waals surface area contributed by atoms with Crippen LogP contribution in [0.1, 0.15) is 25.7 Å². The minimum absolute atomic E-state index is 0.0792. The predicted octanol–water partition coefficient (Wildman–Crippen LogP) is 0.0782. The van der Waals surface area contributed by atoms with E-state index in [4.69, 9.17) is 9.84 Å². The second-order valence-electron chi connectivity index (χ2n) is 5.33. The van der Waals surface area contributed by atoms with Crippen LogP contribution in [0.15, 0.2) is 0 Å². The number of carboxylic acids is 1. The third-order valence-corrected chi connectivity index (χ3v) is 3.73. The molecule has 2 saturated heterocycles. The lowest BCUT2D eigenvalue weighted by Gasteiger charge is -2.38. The first-order valence-corrected chi connectivity index (χ1v) is 6.97. The first-order valence-electron chi connectivity index (χ1n) is 6.97. The second kappa shape index (κ2) is 6.86. The van der Waals surface area contributed by atoms with E-state index < -0.39 is 5.97 Å². The maximum atomic E-state index is 11.8. The van der Waals surface area contributed by atoms with Crippen LogP contribution in [0.3, 0.4) is 0 Å². The third-order valence-electron chi connectivity index (χ3n) is 3.73. The van der Waals surface area contributed by atoms with Gasteiger partial charge < -0.3 is 20.1 Å². The molecule has 6 nitrogen and oxygen atoms in total. The van der Waals surface area contributed by atoms with Gasteiger partial charge >= 0.3 is 5.97 Å². The van der Waals surface area contributed by atoms with Crippen LogP contribution < -0.4 is 5.32 Å². The number of carbonyl (C=O) groups is 2. The molecular weight excluding hydrogens is 248 g/mol. The zero-order valence-electron chi connectivity index (χ0n) is 11.1. The van der Waals surface area contributed by atoms with Crippen molar-refractivity contribution in [3.05, 3.63) is 0 Å². The number of hydrogen-bond donors (Lipinski definition) is 2. The topological polar surface area (TPSA) is 78.9 Å². The average Bonchev–Trinajstić information content (AvgIpc) is 2.34. The van der Waals surface area contributed by atoms with Gasteiger partial charge in [0.25, 0.3) is 0 Å². The van der Waals surface area contributed by atoms with Crippen molar-refractivity contribution in [3.8, 4) is 0 Å². The second-order valence-corrected chi connectivity index (χ2v) is 5.33. The summed E-state index contributed by atoms with van der Waals surface area (Å²) in [4.78, 5) is 24.0. The summed E-state index contributed by atoms with van der Waals surface area (Å²) >= 11 is 0. The van der Waals surface area contributed by atoms with Crippen LogP contribution in [-0.4, -0.2) is 60.8 Å². The van der Waals surface area contributed by atoms with E-state index in [9.17, 15) is 9.59 Å². The van der Waals surface area contributed by atoms with Crippen LogP contribution in [-0.2, 0) is 14.3 Å². The van der Waals surface area contributed by atoms with Crippen LogP contribution >= 0.6 is 0 Å². The van der Waals surface area contributed by atoms with Crippen LogP contribution in [0.4, 0.5) is 0 Å². The molecule has 0 spiro atoms.